The van der Waals surface area contributed by atoms with E-state index in [1.54, 1.807) is 12.1 Å². The maximum Gasteiger partial charge on any atom is 0.226 e. The van der Waals surface area contributed by atoms with Crippen molar-refractivity contribution >= 4 is 17.5 Å². The Balaban J connectivity index is 1.62. The van der Waals surface area contributed by atoms with Gasteiger partial charge in [-0.1, -0.05) is 30.5 Å². The number of nitrogens with zero attached hydrogens (tertiary/aromatic N) is 2. The molecule has 1 unspecified atom stereocenters. The molecule has 3 rings (SSSR count). The van der Waals surface area contributed by atoms with E-state index in [9.17, 15) is 9.18 Å². The Labute approximate surface area is 148 Å². The van der Waals surface area contributed by atoms with Crippen LogP contribution in [0.4, 0.5) is 4.39 Å². The molecule has 0 aromatic heterocycles. The number of rotatable bonds is 3. The predicted octanol–water partition coefficient (Wildman–Crippen LogP) is 4.09. The third-order valence-electron chi connectivity index (χ3n) is 5.22. The molecule has 1 amide bonds. The molecule has 24 heavy (non-hydrogen) atoms. The first-order valence-corrected chi connectivity index (χ1v) is 9.47. The van der Waals surface area contributed by atoms with Crippen LogP contribution in [0.5, 0.6) is 0 Å². The highest BCUT2D eigenvalue weighted by Gasteiger charge is 2.30. The highest BCUT2D eigenvalue weighted by Crippen LogP contribution is 2.25. The quantitative estimate of drug-likeness (QED) is 0.817. The van der Waals surface area contributed by atoms with Crippen molar-refractivity contribution < 1.29 is 9.18 Å². The molecule has 0 aliphatic carbocycles. The van der Waals surface area contributed by atoms with Crippen molar-refractivity contribution in [3.8, 4) is 0 Å². The number of carbonyl (C=O) groups excluding carboxylic acids is 1. The van der Waals surface area contributed by atoms with Gasteiger partial charge < -0.3 is 4.90 Å². The summed E-state index contributed by atoms with van der Waals surface area (Å²) in [6.45, 7) is 3.88. The van der Waals surface area contributed by atoms with Gasteiger partial charge in [-0.3, -0.25) is 9.69 Å². The van der Waals surface area contributed by atoms with Crippen LogP contribution in [-0.4, -0.2) is 41.9 Å². The average molecular weight is 353 g/mol. The van der Waals surface area contributed by atoms with Crippen molar-refractivity contribution in [2.75, 3.05) is 26.2 Å². The smallest absolute Gasteiger partial charge is 0.226 e. The van der Waals surface area contributed by atoms with Crippen LogP contribution in [0.1, 0.15) is 44.1 Å². The minimum atomic E-state index is -0.261. The van der Waals surface area contributed by atoms with Crippen LogP contribution in [0.25, 0.3) is 0 Å². The molecule has 5 heteroatoms. The van der Waals surface area contributed by atoms with Gasteiger partial charge in [0.1, 0.15) is 5.82 Å². The van der Waals surface area contributed by atoms with Crippen LogP contribution in [-0.2, 0) is 11.3 Å². The van der Waals surface area contributed by atoms with E-state index in [1.165, 1.54) is 18.9 Å². The summed E-state index contributed by atoms with van der Waals surface area (Å²) >= 11 is 6.15. The van der Waals surface area contributed by atoms with Gasteiger partial charge in [0.15, 0.2) is 0 Å². The summed E-state index contributed by atoms with van der Waals surface area (Å²) in [4.78, 5) is 17.1. The summed E-state index contributed by atoms with van der Waals surface area (Å²) in [6.07, 6.45) is 6.62. The number of likely N-dealkylation sites (tertiary alicyclic amines) is 2. The van der Waals surface area contributed by atoms with Gasteiger partial charge in [-0.05, 0) is 44.4 Å². The standard InChI is InChI=1S/C19H26ClFN2O/c20-17-8-5-9-18(21)16(17)14-22-10-6-7-15(13-22)19(24)23-11-3-1-2-4-12-23/h5,8-9,15H,1-4,6-7,10-14H2. The van der Waals surface area contributed by atoms with Gasteiger partial charge in [0.05, 0.1) is 5.92 Å². The highest BCUT2D eigenvalue weighted by molar-refractivity contribution is 6.31. The van der Waals surface area contributed by atoms with Gasteiger partial charge in [0, 0.05) is 36.8 Å². The van der Waals surface area contributed by atoms with E-state index in [2.05, 4.69) is 9.80 Å². The third kappa shape index (κ3) is 4.28. The highest BCUT2D eigenvalue weighted by atomic mass is 35.5. The molecule has 0 N–H and O–H groups in total. The first-order chi connectivity index (χ1) is 11.6. The number of piperidine rings is 1. The van der Waals surface area contributed by atoms with E-state index in [4.69, 9.17) is 11.6 Å². The van der Waals surface area contributed by atoms with Gasteiger partial charge in [-0.25, -0.2) is 4.39 Å². The fourth-order valence-corrected chi connectivity index (χ4v) is 4.08. The molecular formula is C19H26ClFN2O. The van der Waals surface area contributed by atoms with Crippen molar-refractivity contribution in [3.05, 3.63) is 34.6 Å². The lowest BCUT2D eigenvalue weighted by atomic mass is 9.96. The number of amides is 1. The second kappa shape index (κ2) is 8.30. The van der Waals surface area contributed by atoms with Gasteiger partial charge in [-0.15, -0.1) is 0 Å². The van der Waals surface area contributed by atoms with Gasteiger partial charge in [0.2, 0.25) is 5.91 Å². The zero-order valence-corrected chi connectivity index (χ0v) is 14.9. The molecule has 1 aromatic rings. The fraction of sp³-hybridized carbons (Fsp3) is 0.632. The van der Waals surface area contributed by atoms with Crippen LogP contribution >= 0.6 is 11.6 Å². The topological polar surface area (TPSA) is 23.6 Å². The average Bonchev–Trinajstić information content (AvgIpc) is 2.87. The van der Waals surface area contributed by atoms with Crippen LogP contribution in [0.15, 0.2) is 18.2 Å². The zero-order chi connectivity index (χ0) is 16.9. The van der Waals surface area contributed by atoms with Crippen molar-refractivity contribution in [3.63, 3.8) is 0 Å². The number of halogens is 2. The Morgan fingerprint density at radius 1 is 1.12 bits per heavy atom. The molecule has 2 aliphatic heterocycles. The van der Waals surface area contributed by atoms with Gasteiger partial charge >= 0.3 is 0 Å². The summed E-state index contributed by atoms with van der Waals surface area (Å²) in [5.74, 6) is 0.0760. The maximum absolute atomic E-state index is 14.0. The van der Waals surface area contributed by atoms with Crippen molar-refractivity contribution in [2.45, 2.75) is 45.1 Å². The Bertz CT molecular complexity index is 552. The first kappa shape index (κ1) is 17.7. The number of hydrogen-bond donors (Lipinski definition) is 0. The Morgan fingerprint density at radius 3 is 2.58 bits per heavy atom. The van der Waals surface area contributed by atoms with Gasteiger partial charge in [0.25, 0.3) is 0 Å². The number of benzene rings is 1. The van der Waals surface area contributed by atoms with Crippen LogP contribution < -0.4 is 0 Å². The summed E-state index contributed by atoms with van der Waals surface area (Å²) in [5, 5.41) is 0.468. The van der Waals surface area contributed by atoms with E-state index < -0.39 is 0 Å². The first-order valence-electron chi connectivity index (χ1n) is 9.09. The third-order valence-corrected chi connectivity index (χ3v) is 5.57. The molecule has 1 aromatic carbocycles. The molecule has 1 atom stereocenters. The van der Waals surface area contributed by atoms with Crippen molar-refractivity contribution in [2.24, 2.45) is 5.92 Å². The van der Waals surface area contributed by atoms with E-state index >= 15 is 0 Å². The molecule has 0 radical (unpaired) electrons. The second-order valence-corrected chi connectivity index (χ2v) is 7.42. The lowest BCUT2D eigenvalue weighted by molar-refractivity contribution is -0.137. The van der Waals surface area contributed by atoms with E-state index in [0.717, 1.165) is 45.3 Å². The summed E-state index contributed by atoms with van der Waals surface area (Å²) in [5.41, 5.74) is 0.544. The lowest BCUT2D eigenvalue weighted by Crippen LogP contribution is -2.45. The summed E-state index contributed by atoms with van der Waals surface area (Å²) in [6, 6.07) is 4.80. The Morgan fingerprint density at radius 2 is 1.88 bits per heavy atom. The summed E-state index contributed by atoms with van der Waals surface area (Å²) < 4.78 is 14.0. The minimum Gasteiger partial charge on any atom is -0.342 e. The zero-order valence-electron chi connectivity index (χ0n) is 14.1. The van der Waals surface area contributed by atoms with Crippen LogP contribution in [0, 0.1) is 11.7 Å². The molecular weight excluding hydrogens is 327 g/mol. The number of carbonyl (C=O) groups is 1. The molecule has 0 bridgehead atoms. The monoisotopic (exact) mass is 352 g/mol. The summed E-state index contributed by atoms with van der Waals surface area (Å²) in [7, 11) is 0. The lowest BCUT2D eigenvalue weighted by Gasteiger charge is -2.35. The van der Waals surface area contributed by atoms with E-state index in [1.807, 2.05) is 0 Å². The molecule has 0 spiro atoms. The molecule has 3 nitrogen and oxygen atoms in total. The number of hydrogen-bond acceptors (Lipinski definition) is 2. The molecule has 0 saturated carbocycles. The molecule has 2 aliphatic rings. The largest absolute Gasteiger partial charge is 0.342 e. The molecule has 2 heterocycles. The van der Waals surface area contributed by atoms with Crippen LogP contribution in [0.3, 0.4) is 0 Å². The second-order valence-electron chi connectivity index (χ2n) is 7.01. The SMILES string of the molecule is O=C(C1CCCN(Cc2c(F)cccc2Cl)C1)N1CCCCCC1. The van der Waals surface area contributed by atoms with Crippen molar-refractivity contribution in [1.82, 2.24) is 9.80 Å². The van der Waals surface area contributed by atoms with Crippen molar-refractivity contribution in [1.29, 1.82) is 0 Å². The predicted molar refractivity (Wildman–Crippen MR) is 94.5 cm³/mol. The normalized spacial score (nSPS) is 23.1. The Kier molecular flexibility index (Phi) is 6.12. The fourth-order valence-electron chi connectivity index (χ4n) is 3.86. The maximum atomic E-state index is 14.0. The Hall–Kier alpha value is -1.13. The molecule has 132 valence electrons. The van der Waals surface area contributed by atoms with Crippen LogP contribution in [0.2, 0.25) is 5.02 Å². The van der Waals surface area contributed by atoms with E-state index in [0.29, 0.717) is 29.6 Å². The molecule has 2 saturated heterocycles. The molecule has 2 fully saturated rings. The minimum absolute atomic E-state index is 0.0439. The van der Waals surface area contributed by atoms with Gasteiger partial charge in [-0.2, -0.15) is 0 Å². The van der Waals surface area contributed by atoms with E-state index in [-0.39, 0.29) is 11.7 Å².